The summed E-state index contributed by atoms with van der Waals surface area (Å²) in [5.41, 5.74) is 3.61. The Labute approximate surface area is 209 Å². The van der Waals surface area contributed by atoms with E-state index in [1.54, 1.807) is 18.2 Å². The van der Waals surface area contributed by atoms with Gasteiger partial charge in [-0.1, -0.05) is 36.4 Å². The van der Waals surface area contributed by atoms with Gasteiger partial charge in [-0.05, 0) is 54.8 Å². The highest BCUT2D eigenvalue weighted by Gasteiger charge is 2.19. The Morgan fingerprint density at radius 1 is 0.944 bits per heavy atom. The van der Waals surface area contributed by atoms with Gasteiger partial charge < -0.3 is 24.2 Å². The summed E-state index contributed by atoms with van der Waals surface area (Å²) < 4.78 is 18.0. The first-order valence-electron chi connectivity index (χ1n) is 11.7. The highest BCUT2D eigenvalue weighted by atomic mass is 16.7. The molecular weight excluding hydrogens is 460 g/mol. The Morgan fingerprint density at radius 3 is 2.39 bits per heavy atom. The van der Waals surface area contributed by atoms with Gasteiger partial charge in [-0.25, -0.2) is 4.98 Å². The molecule has 4 aromatic rings. The Balaban J connectivity index is 1.68. The van der Waals surface area contributed by atoms with Crippen LogP contribution in [0.4, 0.5) is 0 Å². The molecule has 0 aliphatic carbocycles. The Morgan fingerprint density at radius 2 is 1.69 bits per heavy atom. The third-order valence-corrected chi connectivity index (χ3v) is 5.66. The molecule has 0 amide bonds. The van der Waals surface area contributed by atoms with Gasteiger partial charge in [0, 0.05) is 5.56 Å². The molecule has 1 heterocycles. The number of hydrogen-bond donors (Lipinski definition) is 1. The highest BCUT2D eigenvalue weighted by Crippen LogP contribution is 2.30. The molecule has 0 spiro atoms. The largest absolute Gasteiger partial charge is 0.496 e. The zero-order valence-electron chi connectivity index (χ0n) is 20.7. The van der Waals surface area contributed by atoms with Crippen LogP contribution in [0.3, 0.4) is 0 Å². The minimum absolute atomic E-state index is 0.0750. The summed E-state index contributed by atoms with van der Waals surface area (Å²) in [6.45, 7) is 4.83. The van der Waals surface area contributed by atoms with Gasteiger partial charge in [0.15, 0.2) is 5.82 Å². The lowest BCUT2D eigenvalue weighted by atomic mass is 10.0. The quantitative estimate of drug-likeness (QED) is 0.321. The smallest absolute Gasteiger partial charge is 0.298 e. The van der Waals surface area contributed by atoms with Gasteiger partial charge in [-0.2, -0.15) is 0 Å². The maximum Gasteiger partial charge on any atom is 0.298 e. The topological polar surface area (TPSA) is 92.0 Å². The lowest BCUT2D eigenvalue weighted by molar-refractivity contribution is 0.0297. The molecule has 0 aliphatic heterocycles. The van der Waals surface area contributed by atoms with E-state index in [1.165, 1.54) is 11.8 Å². The number of aryl methyl sites for hydroxylation is 2. The van der Waals surface area contributed by atoms with Gasteiger partial charge >= 0.3 is 0 Å². The summed E-state index contributed by atoms with van der Waals surface area (Å²) in [7, 11) is 1.52. The van der Waals surface area contributed by atoms with Gasteiger partial charge in [-0.15, -0.1) is 4.73 Å². The van der Waals surface area contributed by atoms with E-state index in [4.69, 9.17) is 29.1 Å². The van der Waals surface area contributed by atoms with E-state index in [0.29, 0.717) is 40.4 Å². The molecule has 0 saturated carbocycles. The van der Waals surface area contributed by atoms with E-state index in [9.17, 15) is 4.79 Å². The van der Waals surface area contributed by atoms with Gasteiger partial charge in [-0.3, -0.25) is 4.79 Å². The number of hydrogen-bond acceptors (Lipinski definition) is 7. The minimum atomic E-state index is -0.369. The fraction of sp³-hybridized carbons (Fsp3) is 0.286. The Bertz CT molecular complexity index is 1360. The van der Waals surface area contributed by atoms with Crippen LogP contribution in [0.5, 0.6) is 11.5 Å². The number of fused-ring (bicyclic) bond motifs is 1. The van der Waals surface area contributed by atoms with Crippen LogP contribution in [0.25, 0.3) is 22.3 Å². The molecule has 3 aromatic carbocycles. The van der Waals surface area contributed by atoms with Crippen LogP contribution < -0.4 is 19.9 Å². The van der Waals surface area contributed by atoms with Crippen LogP contribution in [-0.4, -0.2) is 48.4 Å². The fourth-order valence-electron chi connectivity index (χ4n) is 4.06. The van der Waals surface area contributed by atoms with Crippen molar-refractivity contribution in [2.45, 2.75) is 20.5 Å². The molecule has 36 heavy (non-hydrogen) atoms. The molecule has 8 nitrogen and oxygen atoms in total. The summed E-state index contributed by atoms with van der Waals surface area (Å²) in [6.07, 6.45) is 0. The second kappa shape index (κ2) is 11.7. The van der Waals surface area contributed by atoms with E-state index >= 15 is 0 Å². The third kappa shape index (κ3) is 5.50. The van der Waals surface area contributed by atoms with Crippen molar-refractivity contribution < 1.29 is 24.2 Å². The summed E-state index contributed by atoms with van der Waals surface area (Å²) in [6, 6.07) is 18.9. The molecule has 0 bridgehead atoms. The lowest BCUT2D eigenvalue weighted by Gasteiger charge is -2.17. The molecule has 188 valence electrons. The number of ether oxygens (including phenoxy) is 3. The van der Waals surface area contributed by atoms with Gasteiger partial charge in [0.25, 0.3) is 5.56 Å². The predicted octanol–water partition coefficient (Wildman–Crippen LogP) is 3.71. The van der Waals surface area contributed by atoms with Crippen molar-refractivity contribution >= 4 is 10.9 Å². The average molecular weight is 491 g/mol. The zero-order valence-corrected chi connectivity index (χ0v) is 20.7. The number of aliphatic hydroxyl groups excluding tert-OH is 1. The number of benzene rings is 3. The van der Waals surface area contributed by atoms with Crippen molar-refractivity contribution in [2.75, 3.05) is 33.5 Å². The molecule has 0 saturated heterocycles. The molecule has 0 unspecified atom stereocenters. The van der Waals surface area contributed by atoms with Gasteiger partial charge in [0.2, 0.25) is 0 Å². The van der Waals surface area contributed by atoms with Crippen molar-refractivity contribution in [3.8, 4) is 22.9 Å². The second-order valence-corrected chi connectivity index (χ2v) is 8.27. The zero-order chi connectivity index (χ0) is 25.5. The predicted molar refractivity (Wildman–Crippen MR) is 138 cm³/mol. The number of methoxy groups -OCH3 is 1. The van der Waals surface area contributed by atoms with E-state index in [2.05, 4.69) is 0 Å². The van der Waals surface area contributed by atoms with Gasteiger partial charge in [0.1, 0.15) is 30.1 Å². The molecule has 0 aliphatic rings. The standard InChI is InChI=1S/C28H30N2O6/c1-19-16-22(17-20(2)26(19)35-13-12-31)27-29-23-10-7-11-24(33-3)25(23)28(32)30(27)36-15-14-34-18-21-8-5-4-6-9-21/h4-11,16-17,31H,12-15,18H2,1-3H3. The van der Waals surface area contributed by atoms with E-state index in [-0.39, 0.29) is 32.0 Å². The summed E-state index contributed by atoms with van der Waals surface area (Å²) in [4.78, 5) is 24.3. The number of aliphatic hydroxyl groups is 1. The molecule has 0 atom stereocenters. The van der Waals surface area contributed by atoms with Gasteiger partial charge in [0.05, 0.1) is 32.4 Å². The molecule has 4 rings (SSSR count). The van der Waals surface area contributed by atoms with Crippen LogP contribution in [0.2, 0.25) is 0 Å². The van der Waals surface area contributed by atoms with E-state index < -0.39 is 0 Å². The van der Waals surface area contributed by atoms with Crippen molar-refractivity contribution in [2.24, 2.45) is 0 Å². The van der Waals surface area contributed by atoms with Crippen LogP contribution in [-0.2, 0) is 11.3 Å². The first kappa shape index (κ1) is 25.2. The second-order valence-electron chi connectivity index (χ2n) is 8.27. The summed E-state index contributed by atoms with van der Waals surface area (Å²) >= 11 is 0. The number of nitrogens with zero attached hydrogens (tertiary/aromatic N) is 2. The van der Waals surface area contributed by atoms with Crippen molar-refractivity contribution in [1.82, 2.24) is 9.71 Å². The SMILES string of the molecule is COc1cccc2nc(-c3cc(C)c(OCCO)c(C)c3)n(OCCOCc3ccccc3)c(=O)c12. The van der Waals surface area contributed by atoms with Crippen LogP contribution in [0, 0.1) is 13.8 Å². The first-order chi connectivity index (χ1) is 17.5. The molecular formula is C28H30N2O6. The van der Waals surface area contributed by atoms with Crippen molar-refractivity contribution in [3.63, 3.8) is 0 Å². The van der Waals surface area contributed by atoms with E-state index in [0.717, 1.165) is 16.7 Å². The molecule has 0 radical (unpaired) electrons. The van der Waals surface area contributed by atoms with Crippen LogP contribution in [0.15, 0.2) is 65.5 Å². The normalized spacial score (nSPS) is 11.0. The maximum absolute atomic E-state index is 13.6. The lowest BCUT2D eigenvalue weighted by Crippen LogP contribution is -2.31. The van der Waals surface area contributed by atoms with Crippen molar-refractivity contribution in [3.05, 3.63) is 87.7 Å². The maximum atomic E-state index is 13.6. The monoisotopic (exact) mass is 490 g/mol. The Kier molecular flexibility index (Phi) is 8.20. The number of rotatable bonds is 11. The van der Waals surface area contributed by atoms with Crippen LogP contribution in [0.1, 0.15) is 16.7 Å². The van der Waals surface area contributed by atoms with E-state index in [1.807, 2.05) is 56.3 Å². The summed E-state index contributed by atoms with van der Waals surface area (Å²) in [5, 5.41) is 9.47. The molecule has 0 fully saturated rings. The fourth-order valence-corrected chi connectivity index (χ4v) is 4.06. The third-order valence-electron chi connectivity index (χ3n) is 5.66. The summed E-state index contributed by atoms with van der Waals surface area (Å²) in [5.74, 6) is 1.48. The molecule has 1 aromatic heterocycles. The molecule has 1 N–H and O–H groups in total. The number of aromatic nitrogens is 2. The molecule has 8 heteroatoms. The van der Waals surface area contributed by atoms with Crippen molar-refractivity contribution in [1.29, 1.82) is 0 Å². The first-order valence-corrected chi connectivity index (χ1v) is 11.7. The minimum Gasteiger partial charge on any atom is -0.496 e. The highest BCUT2D eigenvalue weighted by molar-refractivity contribution is 5.85. The van der Waals surface area contributed by atoms with Crippen LogP contribution >= 0.6 is 0 Å². The average Bonchev–Trinajstić information content (AvgIpc) is 2.89. The Hall–Kier alpha value is -3.88.